The predicted octanol–water partition coefficient (Wildman–Crippen LogP) is 7.65. The summed E-state index contributed by atoms with van der Waals surface area (Å²) in [6.45, 7) is 3.77. The van der Waals surface area contributed by atoms with Crippen molar-refractivity contribution in [3.8, 4) is 5.75 Å². The van der Waals surface area contributed by atoms with Crippen LogP contribution in [0.5, 0.6) is 5.75 Å². The topological polar surface area (TPSA) is 21.8 Å². The van der Waals surface area contributed by atoms with Crippen LogP contribution in [0.4, 0.5) is 0 Å². The van der Waals surface area contributed by atoms with Gasteiger partial charge in [0.05, 0.1) is 6.61 Å². The average molecular weight is 387 g/mol. The van der Waals surface area contributed by atoms with Crippen LogP contribution >= 0.6 is 0 Å². The zero-order chi connectivity index (χ0) is 19.7. The Kier molecular flexibility index (Phi) is 12.8. The zero-order valence-electron chi connectivity index (χ0n) is 18.2. The SMILES string of the molecule is CC/C=C/CCCCCCCCCCCCCc1ccccc1OCC1CO1. The van der Waals surface area contributed by atoms with Gasteiger partial charge in [-0.3, -0.25) is 0 Å². The standard InChI is InChI=1S/C26H42O2/c1-2-3-4-5-6-7-8-9-10-11-12-13-14-15-16-19-24-20-17-18-21-26(24)28-23-25-22-27-25/h3-4,17-18,20-21,25H,2,5-16,19,22-23H2,1H3/b4-3+. The lowest BCUT2D eigenvalue weighted by Crippen LogP contribution is -2.05. The summed E-state index contributed by atoms with van der Waals surface area (Å²) in [6.07, 6.45) is 23.9. The monoisotopic (exact) mass is 386 g/mol. The van der Waals surface area contributed by atoms with Crippen molar-refractivity contribution in [2.24, 2.45) is 0 Å². The fourth-order valence-electron chi connectivity index (χ4n) is 3.65. The summed E-state index contributed by atoms with van der Waals surface area (Å²) in [5.41, 5.74) is 1.35. The van der Waals surface area contributed by atoms with Gasteiger partial charge in [0.15, 0.2) is 0 Å². The number of benzene rings is 1. The molecule has 1 unspecified atom stereocenters. The highest BCUT2D eigenvalue weighted by Crippen LogP contribution is 2.22. The van der Waals surface area contributed by atoms with Crippen LogP contribution in [0.25, 0.3) is 0 Å². The van der Waals surface area contributed by atoms with Gasteiger partial charge in [-0.15, -0.1) is 0 Å². The molecule has 2 nitrogen and oxygen atoms in total. The molecular weight excluding hydrogens is 344 g/mol. The number of epoxide rings is 1. The van der Waals surface area contributed by atoms with Crippen molar-refractivity contribution < 1.29 is 9.47 Å². The summed E-state index contributed by atoms with van der Waals surface area (Å²) < 4.78 is 11.1. The third-order valence-corrected chi connectivity index (χ3v) is 5.52. The molecule has 0 saturated carbocycles. The number of allylic oxidation sites excluding steroid dienone is 2. The lowest BCUT2D eigenvalue weighted by Gasteiger charge is -2.10. The van der Waals surface area contributed by atoms with E-state index in [4.69, 9.17) is 9.47 Å². The van der Waals surface area contributed by atoms with Gasteiger partial charge in [0.1, 0.15) is 18.5 Å². The summed E-state index contributed by atoms with van der Waals surface area (Å²) in [6, 6.07) is 8.50. The molecule has 2 rings (SSSR count). The number of hydrogen-bond donors (Lipinski definition) is 0. The maximum Gasteiger partial charge on any atom is 0.122 e. The van der Waals surface area contributed by atoms with Crippen molar-refractivity contribution in [2.75, 3.05) is 13.2 Å². The van der Waals surface area contributed by atoms with Gasteiger partial charge in [0, 0.05) is 0 Å². The molecule has 1 atom stereocenters. The van der Waals surface area contributed by atoms with Crippen LogP contribution in [0.1, 0.15) is 96.0 Å². The molecule has 1 heterocycles. The number of rotatable bonds is 18. The second-order valence-corrected chi connectivity index (χ2v) is 8.18. The van der Waals surface area contributed by atoms with Crippen molar-refractivity contribution >= 4 is 0 Å². The molecule has 0 aliphatic carbocycles. The molecule has 0 N–H and O–H groups in total. The Labute approximate surface area is 173 Å². The van der Waals surface area contributed by atoms with Gasteiger partial charge in [-0.25, -0.2) is 0 Å². The van der Waals surface area contributed by atoms with Crippen LogP contribution in [0, 0.1) is 0 Å². The van der Waals surface area contributed by atoms with E-state index in [1.807, 2.05) is 0 Å². The van der Waals surface area contributed by atoms with E-state index in [9.17, 15) is 0 Å². The first kappa shape index (κ1) is 23.0. The molecule has 1 saturated heterocycles. The van der Waals surface area contributed by atoms with Crippen LogP contribution in [-0.2, 0) is 11.2 Å². The smallest absolute Gasteiger partial charge is 0.122 e. The largest absolute Gasteiger partial charge is 0.491 e. The highest BCUT2D eigenvalue weighted by molar-refractivity contribution is 5.33. The summed E-state index contributed by atoms with van der Waals surface area (Å²) >= 11 is 0. The van der Waals surface area contributed by atoms with E-state index in [2.05, 4.69) is 43.3 Å². The minimum Gasteiger partial charge on any atom is -0.491 e. The van der Waals surface area contributed by atoms with E-state index < -0.39 is 0 Å². The Balaban J connectivity index is 1.37. The van der Waals surface area contributed by atoms with Crippen molar-refractivity contribution in [1.29, 1.82) is 0 Å². The van der Waals surface area contributed by atoms with Gasteiger partial charge in [-0.2, -0.15) is 0 Å². The molecule has 0 spiro atoms. The average Bonchev–Trinajstić information content (AvgIpc) is 3.54. The third-order valence-electron chi connectivity index (χ3n) is 5.52. The fraction of sp³-hybridized carbons (Fsp3) is 0.692. The molecule has 1 aromatic rings. The van der Waals surface area contributed by atoms with E-state index in [-0.39, 0.29) is 0 Å². The number of ether oxygens (including phenoxy) is 2. The molecule has 0 aromatic heterocycles. The van der Waals surface area contributed by atoms with E-state index in [0.29, 0.717) is 12.7 Å². The summed E-state index contributed by atoms with van der Waals surface area (Å²) in [5.74, 6) is 1.05. The Bertz CT molecular complexity index is 519. The minimum atomic E-state index is 0.330. The second kappa shape index (κ2) is 15.6. The predicted molar refractivity (Wildman–Crippen MR) is 120 cm³/mol. The summed E-state index contributed by atoms with van der Waals surface area (Å²) in [4.78, 5) is 0. The molecule has 0 amide bonds. The maximum atomic E-state index is 5.91. The minimum absolute atomic E-state index is 0.330. The Morgan fingerprint density at radius 2 is 1.46 bits per heavy atom. The number of para-hydroxylation sites is 1. The molecular formula is C26H42O2. The van der Waals surface area contributed by atoms with Crippen LogP contribution in [0.2, 0.25) is 0 Å². The molecule has 2 heteroatoms. The summed E-state index contributed by atoms with van der Waals surface area (Å²) in [7, 11) is 0. The number of aryl methyl sites for hydroxylation is 1. The van der Waals surface area contributed by atoms with Gasteiger partial charge in [0.25, 0.3) is 0 Å². The van der Waals surface area contributed by atoms with Gasteiger partial charge in [0.2, 0.25) is 0 Å². The first-order valence-corrected chi connectivity index (χ1v) is 11.9. The highest BCUT2D eigenvalue weighted by atomic mass is 16.6. The molecule has 0 bridgehead atoms. The van der Waals surface area contributed by atoms with Crippen molar-refractivity contribution in [2.45, 2.75) is 103 Å². The van der Waals surface area contributed by atoms with Crippen molar-refractivity contribution in [3.05, 3.63) is 42.0 Å². The van der Waals surface area contributed by atoms with Crippen molar-refractivity contribution in [1.82, 2.24) is 0 Å². The maximum absolute atomic E-state index is 5.91. The van der Waals surface area contributed by atoms with Crippen LogP contribution in [0.15, 0.2) is 36.4 Å². The number of hydrogen-bond acceptors (Lipinski definition) is 2. The second-order valence-electron chi connectivity index (χ2n) is 8.18. The third kappa shape index (κ3) is 11.5. The van der Waals surface area contributed by atoms with Crippen molar-refractivity contribution in [3.63, 3.8) is 0 Å². The molecule has 1 aliphatic heterocycles. The highest BCUT2D eigenvalue weighted by Gasteiger charge is 2.23. The van der Waals surface area contributed by atoms with Crippen LogP contribution < -0.4 is 4.74 Å². The molecule has 1 aliphatic rings. The van der Waals surface area contributed by atoms with Gasteiger partial charge in [-0.05, 0) is 43.7 Å². The fourth-order valence-corrected chi connectivity index (χ4v) is 3.65. The lowest BCUT2D eigenvalue weighted by molar-refractivity contribution is 0.261. The molecule has 1 fully saturated rings. The van der Waals surface area contributed by atoms with E-state index in [1.165, 1.54) is 89.0 Å². The molecule has 28 heavy (non-hydrogen) atoms. The van der Waals surface area contributed by atoms with Gasteiger partial charge >= 0.3 is 0 Å². The lowest BCUT2D eigenvalue weighted by atomic mass is 10.0. The normalized spacial score (nSPS) is 16.0. The van der Waals surface area contributed by atoms with E-state index in [0.717, 1.165) is 18.8 Å². The molecule has 158 valence electrons. The van der Waals surface area contributed by atoms with Gasteiger partial charge < -0.3 is 9.47 Å². The Morgan fingerprint density at radius 3 is 2.11 bits per heavy atom. The quantitative estimate of drug-likeness (QED) is 0.147. The summed E-state index contributed by atoms with van der Waals surface area (Å²) in [5, 5.41) is 0. The first-order valence-electron chi connectivity index (χ1n) is 11.9. The Morgan fingerprint density at radius 1 is 0.857 bits per heavy atom. The van der Waals surface area contributed by atoms with Crippen LogP contribution in [-0.4, -0.2) is 19.3 Å². The molecule has 1 aromatic carbocycles. The number of unbranched alkanes of at least 4 members (excludes halogenated alkanes) is 11. The molecule has 0 radical (unpaired) electrons. The zero-order valence-corrected chi connectivity index (χ0v) is 18.2. The van der Waals surface area contributed by atoms with Crippen LogP contribution in [0.3, 0.4) is 0 Å². The first-order chi connectivity index (χ1) is 13.9. The van der Waals surface area contributed by atoms with E-state index >= 15 is 0 Å². The Hall–Kier alpha value is -1.28. The van der Waals surface area contributed by atoms with Gasteiger partial charge in [-0.1, -0.05) is 95.1 Å². The van der Waals surface area contributed by atoms with E-state index in [1.54, 1.807) is 0 Å².